The SMILES string of the molecule is CC(NC(=O)N(C)Cc1ccco1)c1nc(C(=O)O)cs1. The van der Waals surface area contributed by atoms with Gasteiger partial charge in [0.05, 0.1) is 18.8 Å². The van der Waals surface area contributed by atoms with E-state index in [2.05, 4.69) is 10.3 Å². The van der Waals surface area contributed by atoms with Crippen molar-refractivity contribution in [2.24, 2.45) is 0 Å². The number of amides is 2. The summed E-state index contributed by atoms with van der Waals surface area (Å²) in [4.78, 5) is 28.2. The molecule has 2 heterocycles. The van der Waals surface area contributed by atoms with Gasteiger partial charge in [-0.15, -0.1) is 11.3 Å². The first-order valence-electron chi connectivity index (χ1n) is 6.20. The Bertz CT molecular complexity index is 623. The maximum atomic E-state index is 12.0. The van der Waals surface area contributed by atoms with Gasteiger partial charge < -0.3 is 19.7 Å². The third-order valence-electron chi connectivity index (χ3n) is 2.77. The van der Waals surface area contributed by atoms with Gasteiger partial charge in [-0.05, 0) is 19.1 Å². The molecule has 1 atom stereocenters. The summed E-state index contributed by atoms with van der Waals surface area (Å²) < 4.78 is 5.18. The minimum atomic E-state index is -1.08. The average Bonchev–Trinajstić information content (AvgIpc) is 3.09. The summed E-state index contributed by atoms with van der Waals surface area (Å²) in [6.45, 7) is 2.10. The van der Waals surface area contributed by atoms with E-state index in [-0.39, 0.29) is 17.8 Å². The van der Waals surface area contributed by atoms with Crippen LogP contribution < -0.4 is 5.32 Å². The standard InChI is InChI=1S/C13H15N3O4S/c1-8(11-15-10(7-21-11)12(17)18)14-13(19)16(2)6-9-4-3-5-20-9/h3-5,7-8H,6H2,1-2H3,(H,14,19)(H,17,18). The van der Waals surface area contributed by atoms with E-state index in [1.165, 1.54) is 21.6 Å². The lowest BCUT2D eigenvalue weighted by molar-refractivity contribution is 0.0691. The van der Waals surface area contributed by atoms with E-state index in [0.717, 1.165) is 0 Å². The molecule has 0 bridgehead atoms. The summed E-state index contributed by atoms with van der Waals surface area (Å²) in [7, 11) is 1.65. The fraction of sp³-hybridized carbons (Fsp3) is 0.308. The lowest BCUT2D eigenvalue weighted by atomic mass is 10.3. The number of nitrogens with zero attached hydrogens (tertiary/aromatic N) is 2. The molecule has 112 valence electrons. The van der Waals surface area contributed by atoms with Crippen LogP contribution in [0.2, 0.25) is 0 Å². The van der Waals surface area contributed by atoms with Gasteiger partial charge in [0.2, 0.25) is 0 Å². The highest BCUT2D eigenvalue weighted by Gasteiger charge is 2.18. The number of aromatic nitrogens is 1. The molecule has 2 rings (SSSR count). The fourth-order valence-electron chi connectivity index (χ4n) is 1.65. The second kappa shape index (κ2) is 6.40. The summed E-state index contributed by atoms with van der Waals surface area (Å²) in [6.07, 6.45) is 1.55. The second-order valence-electron chi connectivity index (χ2n) is 4.48. The first kappa shape index (κ1) is 15.0. The van der Waals surface area contributed by atoms with Crippen LogP contribution in [0.4, 0.5) is 4.79 Å². The Morgan fingerprint density at radius 1 is 1.57 bits per heavy atom. The lowest BCUT2D eigenvalue weighted by Crippen LogP contribution is -2.38. The summed E-state index contributed by atoms with van der Waals surface area (Å²) in [5, 5.41) is 13.6. The van der Waals surface area contributed by atoms with Crippen molar-refractivity contribution in [3.63, 3.8) is 0 Å². The minimum Gasteiger partial charge on any atom is -0.476 e. The predicted octanol–water partition coefficient (Wildman–Crippen LogP) is 2.34. The molecule has 0 spiro atoms. The number of carboxylic acids is 1. The molecule has 2 aromatic heterocycles. The number of carbonyl (C=O) groups is 2. The molecule has 0 aliphatic carbocycles. The summed E-state index contributed by atoms with van der Waals surface area (Å²) in [5.74, 6) is -0.395. The van der Waals surface area contributed by atoms with E-state index < -0.39 is 5.97 Å². The Balaban J connectivity index is 1.93. The van der Waals surface area contributed by atoms with Gasteiger partial charge in [-0.3, -0.25) is 0 Å². The smallest absolute Gasteiger partial charge is 0.355 e. The number of rotatable bonds is 5. The van der Waals surface area contributed by atoms with Crippen LogP contribution in [0, 0.1) is 0 Å². The summed E-state index contributed by atoms with van der Waals surface area (Å²) >= 11 is 1.20. The highest BCUT2D eigenvalue weighted by molar-refractivity contribution is 7.09. The number of thiazole rings is 1. The molecule has 2 N–H and O–H groups in total. The van der Waals surface area contributed by atoms with Crippen LogP contribution in [0.5, 0.6) is 0 Å². The second-order valence-corrected chi connectivity index (χ2v) is 5.37. The van der Waals surface area contributed by atoms with Gasteiger partial charge in [-0.2, -0.15) is 0 Å². The van der Waals surface area contributed by atoms with Crippen LogP contribution in [0.1, 0.15) is 34.2 Å². The van der Waals surface area contributed by atoms with Gasteiger partial charge in [0.25, 0.3) is 0 Å². The minimum absolute atomic E-state index is 0.0139. The summed E-state index contributed by atoms with van der Waals surface area (Å²) in [5.41, 5.74) is -0.0139. The molecule has 2 aromatic rings. The zero-order valence-electron chi connectivity index (χ0n) is 11.6. The quantitative estimate of drug-likeness (QED) is 0.883. The number of hydrogen-bond donors (Lipinski definition) is 2. The number of carbonyl (C=O) groups excluding carboxylic acids is 1. The lowest BCUT2D eigenvalue weighted by Gasteiger charge is -2.19. The number of nitrogens with one attached hydrogen (secondary N) is 1. The van der Waals surface area contributed by atoms with Crippen LogP contribution in [0.3, 0.4) is 0 Å². The molecule has 21 heavy (non-hydrogen) atoms. The van der Waals surface area contributed by atoms with E-state index in [4.69, 9.17) is 9.52 Å². The third-order valence-corrected chi connectivity index (χ3v) is 3.80. The largest absolute Gasteiger partial charge is 0.476 e. The zero-order valence-corrected chi connectivity index (χ0v) is 12.4. The Morgan fingerprint density at radius 3 is 2.90 bits per heavy atom. The zero-order chi connectivity index (χ0) is 15.4. The Labute approximate surface area is 125 Å². The molecule has 2 amide bonds. The van der Waals surface area contributed by atoms with Gasteiger partial charge >= 0.3 is 12.0 Å². The average molecular weight is 309 g/mol. The van der Waals surface area contributed by atoms with E-state index in [1.54, 1.807) is 32.4 Å². The maximum Gasteiger partial charge on any atom is 0.355 e. The summed E-state index contributed by atoms with van der Waals surface area (Å²) in [6, 6.07) is 2.89. The number of carboxylic acid groups (broad SMARTS) is 1. The van der Waals surface area contributed by atoms with Crippen LogP contribution in [0.25, 0.3) is 0 Å². The number of aromatic carboxylic acids is 1. The van der Waals surface area contributed by atoms with E-state index in [9.17, 15) is 9.59 Å². The molecule has 0 saturated heterocycles. The Hall–Kier alpha value is -2.35. The first-order valence-corrected chi connectivity index (χ1v) is 7.08. The van der Waals surface area contributed by atoms with Gasteiger partial charge in [-0.25, -0.2) is 14.6 Å². The molecular formula is C13H15N3O4S. The van der Waals surface area contributed by atoms with Gasteiger partial charge in [0.1, 0.15) is 10.8 Å². The third kappa shape index (κ3) is 3.82. The molecule has 0 aliphatic heterocycles. The van der Waals surface area contributed by atoms with E-state index in [0.29, 0.717) is 17.3 Å². The maximum absolute atomic E-state index is 12.0. The Kier molecular flexibility index (Phi) is 4.59. The number of furan rings is 1. The normalized spacial score (nSPS) is 11.9. The molecule has 0 fully saturated rings. The van der Waals surface area contributed by atoms with E-state index >= 15 is 0 Å². The van der Waals surface area contributed by atoms with Crippen LogP contribution in [0.15, 0.2) is 28.2 Å². The van der Waals surface area contributed by atoms with E-state index in [1.807, 2.05) is 0 Å². The molecular weight excluding hydrogens is 294 g/mol. The van der Waals surface area contributed by atoms with Crippen molar-refractivity contribution in [3.8, 4) is 0 Å². The molecule has 0 radical (unpaired) electrons. The fourth-order valence-corrected chi connectivity index (χ4v) is 2.45. The molecule has 8 heteroatoms. The van der Waals surface area contributed by atoms with Crippen molar-refractivity contribution in [2.75, 3.05) is 7.05 Å². The van der Waals surface area contributed by atoms with Gasteiger partial charge in [0.15, 0.2) is 5.69 Å². The van der Waals surface area contributed by atoms with Crippen molar-refractivity contribution in [1.29, 1.82) is 0 Å². The number of hydrogen-bond acceptors (Lipinski definition) is 5. The van der Waals surface area contributed by atoms with Crippen molar-refractivity contribution < 1.29 is 19.1 Å². The van der Waals surface area contributed by atoms with Crippen molar-refractivity contribution in [1.82, 2.24) is 15.2 Å². The molecule has 0 aromatic carbocycles. The monoisotopic (exact) mass is 309 g/mol. The Morgan fingerprint density at radius 2 is 2.33 bits per heavy atom. The predicted molar refractivity (Wildman–Crippen MR) is 76.2 cm³/mol. The highest BCUT2D eigenvalue weighted by Crippen LogP contribution is 2.18. The molecule has 0 saturated carbocycles. The molecule has 7 nitrogen and oxygen atoms in total. The van der Waals surface area contributed by atoms with Crippen LogP contribution in [-0.2, 0) is 6.54 Å². The molecule has 1 unspecified atom stereocenters. The van der Waals surface area contributed by atoms with Gasteiger partial charge in [-0.1, -0.05) is 0 Å². The van der Waals surface area contributed by atoms with Crippen molar-refractivity contribution >= 4 is 23.3 Å². The number of urea groups is 1. The van der Waals surface area contributed by atoms with Crippen LogP contribution >= 0.6 is 11.3 Å². The topological polar surface area (TPSA) is 95.7 Å². The molecule has 0 aliphatic rings. The highest BCUT2D eigenvalue weighted by atomic mass is 32.1. The first-order chi connectivity index (χ1) is 9.97. The van der Waals surface area contributed by atoms with Gasteiger partial charge in [0, 0.05) is 12.4 Å². The van der Waals surface area contributed by atoms with Crippen LogP contribution in [-0.4, -0.2) is 34.0 Å². The van der Waals surface area contributed by atoms with Crippen molar-refractivity contribution in [3.05, 3.63) is 40.2 Å². The van der Waals surface area contributed by atoms with Crippen molar-refractivity contribution in [2.45, 2.75) is 19.5 Å².